The first-order chi connectivity index (χ1) is 13.6. The summed E-state index contributed by atoms with van der Waals surface area (Å²) in [4.78, 5) is 13.0. The number of rotatable bonds is 7. The molecule has 0 radical (unpaired) electrons. The van der Waals surface area contributed by atoms with E-state index in [2.05, 4.69) is 10.4 Å². The molecule has 0 atom stereocenters. The lowest BCUT2D eigenvalue weighted by atomic mass is 9.74. The highest BCUT2D eigenvalue weighted by atomic mass is 16.5. The molecular formula is C22H25N3O3. The Morgan fingerprint density at radius 1 is 1.25 bits per heavy atom. The molecule has 2 aromatic carbocycles. The molecule has 4 rings (SSSR count). The molecule has 0 saturated heterocycles. The number of aliphatic hydroxyl groups is 1. The summed E-state index contributed by atoms with van der Waals surface area (Å²) in [6, 6.07) is 15.6. The van der Waals surface area contributed by atoms with Gasteiger partial charge in [0.25, 0.3) is 5.91 Å². The van der Waals surface area contributed by atoms with Gasteiger partial charge in [0.15, 0.2) is 0 Å². The SMILES string of the molecule is Cn1nc2ccc(OCc3ccccc3)cc2c1C(=O)NC1(CCO)CCC1. The predicted molar refractivity (Wildman–Crippen MR) is 107 cm³/mol. The van der Waals surface area contributed by atoms with E-state index in [0.717, 1.165) is 35.7 Å². The van der Waals surface area contributed by atoms with Crippen LogP contribution in [0.4, 0.5) is 0 Å². The van der Waals surface area contributed by atoms with Crippen LogP contribution in [0.15, 0.2) is 48.5 Å². The van der Waals surface area contributed by atoms with Gasteiger partial charge < -0.3 is 15.2 Å². The lowest BCUT2D eigenvalue weighted by molar-refractivity contribution is 0.0764. The number of nitrogens with zero attached hydrogens (tertiary/aromatic N) is 2. The number of ether oxygens (including phenoxy) is 1. The number of fused-ring (bicyclic) bond motifs is 1. The highest BCUT2D eigenvalue weighted by Crippen LogP contribution is 2.35. The number of aryl methyl sites for hydroxylation is 1. The van der Waals surface area contributed by atoms with Crippen molar-refractivity contribution in [2.24, 2.45) is 7.05 Å². The minimum atomic E-state index is -0.288. The molecule has 6 nitrogen and oxygen atoms in total. The number of hydrogen-bond donors (Lipinski definition) is 2. The summed E-state index contributed by atoms with van der Waals surface area (Å²) in [5.74, 6) is 0.547. The van der Waals surface area contributed by atoms with Crippen molar-refractivity contribution in [2.45, 2.75) is 37.8 Å². The van der Waals surface area contributed by atoms with Gasteiger partial charge in [0.1, 0.15) is 18.1 Å². The lowest BCUT2D eigenvalue weighted by Crippen LogP contribution is -2.54. The van der Waals surface area contributed by atoms with Crippen molar-refractivity contribution in [2.75, 3.05) is 6.61 Å². The standard InChI is InChI=1S/C22H25N3O3/c1-25-20(21(27)23-22(12-13-26)10-5-11-22)18-14-17(8-9-19(18)24-25)28-15-16-6-3-2-4-7-16/h2-4,6-9,14,26H,5,10-13,15H2,1H3,(H,23,27). The minimum Gasteiger partial charge on any atom is -0.489 e. The highest BCUT2D eigenvalue weighted by molar-refractivity contribution is 6.05. The second-order valence-corrected chi connectivity index (χ2v) is 7.49. The molecule has 28 heavy (non-hydrogen) atoms. The third-order valence-corrected chi connectivity index (χ3v) is 5.55. The Balaban J connectivity index is 1.57. The minimum absolute atomic E-state index is 0.0733. The number of carbonyl (C=O) groups is 1. The second-order valence-electron chi connectivity index (χ2n) is 7.49. The highest BCUT2D eigenvalue weighted by Gasteiger charge is 2.38. The fraction of sp³-hybridized carbons (Fsp3) is 0.364. The van der Waals surface area contributed by atoms with E-state index in [0.29, 0.717) is 24.5 Å². The van der Waals surface area contributed by atoms with E-state index in [-0.39, 0.29) is 18.1 Å². The van der Waals surface area contributed by atoms with Crippen LogP contribution in [0, 0.1) is 0 Å². The second kappa shape index (κ2) is 7.64. The van der Waals surface area contributed by atoms with Gasteiger partial charge in [0, 0.05) is 24.6 Å². The Morgan fingerprint density at radius 2 is 2.04 bits per heavy atom. The Bertz CT molecular complexity index is 977. The van der Waals surface area contributed by atoms with E-state index in [1.807, 2.05) is 48.5 Å². The molecule has 0 unspecified atom stereocenters. The third kappa shape index (κ3) is 3.60. The van der Waals surface area contributed by atoms with Crippen LogP contribution >= 0.6 is 0 Å². The zero-order valence-corrected chi connectivity index (χ0v) is 16.0. The van der Waals surface area contributed by atoms with Crippen molar-refractivity contribution < 1.29 is 14.6 Å². The fourth-order valence-corrected chi connectivity index (χ4v) is 3.83. The van der Waals surface area contributed by atoms with Crippen LogP contribution < -0.4 is 10.1 Å². The number of hydrogen-bond acceptors (Lipinski definition) is 4. The Hall–Kier alpha value is -2.86. The topological polar surface area (TPSA) is 76.4 Å². The van der Waals surface area contributed by atoms with Crippen LogP contribution in [0.2, 0.25) is 0 Å². The van der Waals surface area contributed by atoms with E-state index in [1.54, 1.807) is 11.7 Å². The van der Waals surface area contributed by atoms with Crippen LogP contribution in [-0.2, 0) is 13.7 Å². The van der Waals surface area contributed by atoms with Crippen molar-refractivity contribution in [3.05, 3.63) is 59.8 Å². The summed E-state index contributed by atoms with van der Waals surface area (Å²) < 4.78 is 7.53. The average Bonchev–Trinajstić information content (AvgIpc) is 3.00. The number of benzene rings is 2. The van der Waals surface area contributed by atoms with E-state index in [9.17, 15) is 9.90 Å². The summed E-state index contributed by atoms with van der Waals surface area (Å²) in [5, 5.41) is 17.7. The number of carbonyl (C=O) groups excluding carboxylic acids is 1. The first-order valence-corrected chi connectivity index (χ1v) is 9.67. The van der Waals surface area contributed by atoms with Gasteiger partial charge in [-0.3, -0.25) is 9.48 Å². The zero-order valence-electron chi connectivity index (χ0n) is 16.0. The molecule has 0 spiro atoms. The Morgan fingerprint density at radius 3 is 2.71 bits per heavy atom. The van der Waals surface area contributed by atoms with Gasteiger partial charge in [-0.15, -0.1) is 0 Å². The van der Waals surface area contributed by atoms with Crippen LogP contribution in [0.3, 0.4) is 0 Å². The first kappa shape index (κ1) is 18.5. The van der Waals surface area contributed by atoms with Crippen molar-refractivity contribution in [3.8, 4) is 5.75 Å². The Kier molecular flexibility index (Phi) is 5.05. The van der Waals surface area contributed by atoms with Crippen molar-refractivity contribution in [1.29, 1.82) is 0 Å². The molecule has 1 aromatic heterocycles. The molecule has 6 heteroatoms. The first-order valence-electron chi connectivity index (χ1n) is 9.67. The van der Waals surface area contributed by atoms with Gasteiger partial charge in [-0.2, -0.15) is 5.10 Å². The molecule has 0 bridgehead atoms. The molecule has 1 saturated carbocycles. The molecule has 0 aliphatic heterocycles. The summed E-state index contributed by atoms with van der Waals surface area (Å²) in [5.41, 5.74) is 2.07. The molecule has 1 aliphatic carbocycles. The fourth-order valence-electron chi connectivity index (χ4n) is 3.83. The van der Waals surface area contributed by atoms with Crippen molar-refractivity contribution >= 4 is 16.8 Å². The van der Waals surface area contributed by atoms with Crippen LogP contribution in [0.25, 0.3) is 10.9 Å². The Labute approximate surface area is 164 Å². The van der Waals surface area contributed by atoms with Gasteiger partial charge in [0.05, 0.1) is 5.52 Å². The quantitative estimate of drug-likeness (QED) is 0.661. The maximum absolute atomic E-state index is 13.0. The monoisotopic (exact) mass is 379 g/mol. The number of aromatic nitrogens is 2. The van der Waals surface area contributed by atoms with Crippen LogP contribution in [0.1, 0.15) is 41.7 Å². The number of aliphatic hydroxyl groups excluding tert-OH is 1. The zero-order chi connectivity index (χ0) is 19.6. The van der Waals surface area contributed by atoms with Crippen LogP contribution in [-0.4, -0.2) is 32.9 Å². The summed E-state index contributed by atoms with van der Waals surface area (Å²) in [6.07, 6.45) is 3.46. The molecule has 1 fully saturated rings. The maximum Gasteiger partial charge on any atom is 0.270 e. The number of nitrogens with one attached hydrogen (secondary N) is 1. The lowest BCUT2D eigenvalue weighted by Gasteiger charge is -2.42. The van der Waals surface area contributed by atoms with Gasteiger partial charge in [0.2, 0.25) is 0 Å². The molecule has 2 N–H and O–H groups in total. The molecule has 1 heterocycles. The summed E-state index contributed by atoms with van der Waals surface area (Å²) >= 11 is 0. The molecule has 3 aromatic rings. The van der Waals surface area contributed by atoms with E-state index in [1.165, 1.54) is 0 Å². The third-order valence-electron chi connectivity index (χ3n) is 5.55. The largest absolute Gasteiger partial charge is 0.489 e. The molecule has 1 amide bonds. The van der Waals surface area contributed by atoms with Gasteiger partial charge in [-0.1, -0.05) is 30.3 Å². The maximum atomic E-state index is 13.0. The van der Waals surface area contributed by atoms with E-state index in [4.69, 9.17) is 4.74 Å². The van der Waals surface area contributed by atoms with Gasteiger partial charge in [-0.25, -0.2) is 0 Å². The molecular weight excluding hydrogens is 354 g/mol. The van der Waals surface area contributed by atoms with Gasteiger partial charge >= 0.3 is 0 Å². The average molecular weight is 379 g/mol. The van der Waals surface area contributed by atoms with Crippen LogP contribution in [0.5, 0.6) is 5.75 Å². The smallest absolute Gasteiger partial charge is 0.270 e. The van der Waals surface area contributed by atoms with Crippen molar-refractivity contribution in [1.82, 2.24) is 15.1 Å². The molecule has 1 aliphatic rings. The number of amides is 1. The van der Waals surface area contributed by atoms with E-state index >= 15 is 0 Å². The summed E-state index contributed by atoms with van der Waals surface area (Å²) in [7, 11) is 1.78. The van der Waals surface area contributed by atoms with Gasteiger partial charge in [-0.05, 0) is 49.4 Å². The normalized spacial score (nSPS) is 15.2. The van der Waals surface area contributed by atoms with E-state index < -0.39 is 0 Å². The molecule has 146 valence electrons. The predicted octanol–water partition coefficient (Wildman–Crippen LogP) is 3.19. The van der Waals surface area contributed by atoms with Crippen molar-refractivity contribution in [3.63, 3.8) is 0 Å². The summed E-state index contributed by atoms with van der Waals surface area (Å²) in [6.45, 7) is 0.539.